The van der Waals surface area contributed by atoms with Crippen molar-refractivity contribution >= 4 is 11.6 Å². The molecule has 0 bridgehead atoms. The van der Waals surface area contributed by atoms with Crippen molar-refractivity contribution in [3.8, 4) is 0 Å². The summed E-state index contributed by atoms with van der Waals surface area (Å²) in [4.78, 5) is 25.1. The van der Waals surface area contributed by atoms with E-state index < -0.39 is 16.9 Å². The molecule has 1 amide bonds. The van der Waals surface area contributed by atoms with Crippen LogP contribution in [0.4, 0.5) is 5.69 Å². The molecule has 1 aliphatic heterocycles. The van der Waals surface area contributed by atoms with Crippen molar-refractivity contribution in [1.29, 1.82) is 0 Å². The number of nitro groups is 1. The molecule has 2 aromatic carbocycles. The van der Waals surface area contributed by atoms with Gasteiger partial charge in [-0.15, -0.1) is 0 Å². The Morgan fingerprint density at radius 3 is 2.41 bits per heavy atom. The summed E-state index contributed by atoms with van der Waals surface area (Å²) in [6.45, 7) is 1.68. The van der Waals surface area contributed by atoms with E-state index in [2.05, 4.69) is 0 Å². The lowest BCUT2D eigenvalue weighted by molar-refractivity contribution is -0.487. The third-order valence-electron chi connectivity index (χ3n) is 4.14. The molecule has 0 saturated heterocycles. The molecule has 22 heavy (non-hydrogen) atoms. The highest BCUT2D eigenvalue weighted by molar-refractivity contribution is 6.07. The minimum atomic E-state index is -1.10. The van der Waals surface area contributed by atoms with Gasteiger partial charge < -0.3 is 4.90 Å². The molecule has 1 atom stereocenters. The maximum atomic E-state index is 12.8. The van der Waals surface area contributed by atoms with E-state index in [1.54, 1.807) is 11.8 Å². The number of anilines is 1. The number of hydrogen-bond donors (Lipinski definition) is 0. The fraction of sp³-hybridized carbons (Fsp3) is 0.235. The normalized spacial score (nSPS) is 20.0. The molecule has 2 aromatic rings. The van der Waals surface area contributed by atoms with Gasteiger partial charge in [-0.3, -0.25) is 14.9 Å². The quantitative estimate of drug-likeness (QED) is 0.643. The van der Waals surface area contributed by atoms with E-state index in [4.69, 9.17) is 0 Å². The lowest BCUT2D eigenvalue weighted by Crippen LogP contribution is -2.42. The Kier molecular flexibility index (Phi) is 3.41. The molecule has 0 aromatic heterocycles. The van der Waals surface area contributed by atoms with Gasteiger partial charge in [0.1, 0.15) is 5.41 Å². The highest BCUT2D eigenvalue weighted by atomic mass is 16.6. The van der Waals surface area contributed by atoms with E-state index in [9.17, 15) is 14.9 Å². The second-order valence-electron chi connectivity index (χ2n) is 5.72. The van der Waals surface area contributed by atoms with Crippen molar-refractivity contribution in [3.63, 3.8) is 0 Å². The maximum absolute atomic E-state index is 12.8. The average Bonchev–Trinajstić information content (AvgIpc) is 2.70. The first-order valence-corrected chi connectivity index (χ1v) is 7.09. The number of para-hydroxylation sites is 1. The summed E-state index contributed by atoms with van der Waals surface area (Å²) >= 11 is 0. The van der Waals surface area contributed by atoms with Gasteiger partial charge in [-0.05, 0) is 24.1 Å². The van der Waals surface area contributed by atoms with Crippen molar-refractivity contribution in [2.75, 3.05) is 11.4 Å². The number of amides is 1. The van der Waals surface area contributed by atoms with Gasteiger partial charge in [0.25, 0.3) is 0 Å². The molecule has 0 aliphatic carbocycles. The fourth-order valence-corrected chi connectivity index (χ4v) is 3.03. The number of carbonyl (C=O) groups excluding carboxylic acids is 1. The Morgan fingerprint density at radius 2 is 1.73 bits per heavy atom. The Hall–Kier alpha value is -2.69. The molecule has 5 nitrogen and oxygen atoms in total. The molecule has 0 radical (unpaired) electrons. The van der Waals surface area contributed by atoms with Crippen LogP contribution in [0.25, 0.3) is 0 Å². The molecule has 1 aliphatic rings. The highest BCUT2D eigenvalue weighted by Gasteiger charge is 2.50. The molecular weight excluding hydrogens is 280 g/mol. The van der Waals surface area contributed by atoms with Crippen LogP contribution in [0.1, 0.15) is 18.1 Å². The van der Waals surface area contributed by atoms with Gasteiger partial charge in [0.05, 0.1) is 6.54 Å². The standard InChI is InChI=1S/C17H16N2O3/c1-17(12-19(21)22)14-9-5-6-10-15(14)18(16(17)20)11-13-7-3-2-4-8-13/h2-10H,11-12H2,1H3/t17-/m1/s1. The van der Waals surface area contributed by atoms with Crippen LogP contribution in [0.2, 0.25) is 0 Å². The number of carbonyl (C=O) groups is 1. The summed E-state index contributed by atoms with van der Waals surface area (Å²) in [6, 6.07) is 17.0. The minimum absolute atomic E-state index is 0.214. The van der Waals surface area contributed by atoms with Gasteiger partial charge in [0.2, 0.25) is 12.5 Å². The summed E-state index contributed by atoms with van der Waals surface area (Å²) in [7, 11) is 0. The number of nitrogens with zero attached hydrogens (tertiary/aromatic N) is 2. The highest BCUT2D eigenvalue weighted by Crippen LogP contribution is 2.42. The van der Waals surface area contributed by atoms with Gasteiger partial charge in [0.15, 0.2) is 0 Å². The Labute approximate surface area is 128 Å². The molecule has 3 rings (SSSR count). The number of hydrogen-bond acceptors (Lipinski definition) is 3. The van der Waals surface area contributed by atoms with Crippen molar-refractivity contribution in [1.82, 2.24) is 0 Å². The van der Waals surface area contributed by atoms with Crippen LogP contribution in [-0.4, -0.2) is 17.4 Å². The first-order valence-electron chi connectivity index (χ1n) is 7.09. The van der Waals surface area contributed by atoms with Crippen LogP contribution in [0.3, 0.4) is 0 Å². The van der Waals surface area contributed by atoms with Crippen LogP contribution < -0.4 is 4.90 Å². The smallest absolute Gasteiger partial charge is 0.244 e. The molecule has 1 heterocycles. The van der Waals surface area contributed by atoms with Gasteiger partial charge in [-0.25, -0.2) is 0 Å². The van der Waals surface area contributed by atoms with Gasteiger partial charge in [-0.1, -0.05) is 48.5 Å². The van der Waals surface area contributed by atoms with E-state index >= 15 is 0 Å². The third kappa shape index (κ3) is 2.24. The molecule has 0 spiro atoms. The topological polar surface area (TPSA) is 63.5 Å². The zero-order valence-electron chi connectivity index (χ0n) is 12.2. The molecule has 0 saturated carbocycles. The van der Waals surface area contributed by atoms with E-state index in [1.165, 1.54) is 0 Å². The van der Waals surface area contributed by atoms with Crippen LogP contribution in [0, 0.1) is 10.1 Å². The number of fused-ring (bicyclic) bond motifs is 1. The Bertz CT molecular complexity index is 730. The summed E-state index contributed by atoms with van der Waals surface area (Å²) in [6.07, 6.45) is 0. The molecule has 0 unspecified atom stereocenters. The largest absolute Gasteiger partial charge is 0.307 e. The van der Waals surface area contributed by atoms with E-state index in [0.717, 1.165) is 16.8 Å². The van der Waals surface area contributed by atoms with E-state index in [0.29, 0.717) is 6.54 Å². The van der Waals surface area contributed by atoms with Crippen LogP contribution in [-0.2, 0) is 16.8 Å². The molecular formula is C17H16N2O3. The molecule has 112 valence electrons. The Balaban J connectivity index is 2.02. The maximum Gasteiger partial charge on any atom is 0.244 e. The van der Waals surface area contributed by atoms with Crippen molar-refractivity contribution in [3.05, 3.63) is 75.8 Å². The molecule has 0 N–H and O–H groups in total. The predicted octanol–water partition coefficient (Wildman–Crippen LogP) is 2.77. The van der Waals surface area contributed by atoms with Crippen LogP contribution in [0.15, 0.2) is 54.6 Å². The first kappa shape index (κ1) is 14.3. The number of rotatable bonds is 4. The lowest BCUT2D eigenvalue weighted by atomic mass is 9.84. The summed E-state index contributed by atoms with van der Waals surface area (Å²) in [5.41, 5.74) is 1.39. The lowest BCUT2D eigenvalue weighted by Gasteiger charge is -2.21. The second kappa shape index (κ2) is 5.26. The SMILES string of the molecule is C[C@]1(C[N+](=O)[O-])C(=O)N(Cc2ccccc2)c2ccccc21. The number of benzene rings is 2. The molecule has 5 heteroatoms. The summed E-state index contributed by atoms with van der Waals surface area (Å²) in [5, 5.41) is 11.0. The van der Waals surface area contributed by atoms with Crippen LogP contribution >= 0.6 is 0 Å². The summed E-state index contributed by atoms with van der Waals surface area (Å²) < 4.78 is 0. The predicted molar refractivity (Wildman–Crippen MR) is 83.3 cm³/mol. The summed E-state index contributed by atoms with van der Waals surface area (Å²) in [5.74, 6) is -0.214. The Morgan fingerprint density at radius 1 is 1.09 bits per heavy atom. The molecule has 0 fully saturated rings. The van der Waals surface area contributed by atoms with E-state index in [1.807, 2.05) is 54.6 Å². The van der Waals surface area contributed by atoms with Crippen molar-refractivity contribution in [2.24, 2.45) is 0 Å². The van der Waals surface area contributed by atoms with Gasteiger partial charge >= 0.3 is 0 Å². The second-order valence-corrected chi connectivity index (χ2v) is 5.72. The van der Waals surface area contributed by atoms with E-state index in [-0.39, 0.29) is 5.91 Å². The minimum Gasteiger partial charge on any atom is -0.307 e. The zero-order valence-corrected chi connectivity index (χ0v) is 12.2. The van der Waals surface area contributed by atoms with Gasteiger partial charge in [0, 0.05) is 10.6 Å². The average molecular weight is 296 g/mol. The van der Waals surface area contributed by atoms with Crippen LogP contribution in [0.5, 0.6) is 0 Å². The third-order valence-corrected chi connectivity index (χ3v) is 4.14. The zero-order chi connectivity index (χ0) is 15.7. The van der Waals surface area contributed by atoms with Gasteiger partial charge in [-0.2, -0.15) is 0 Å². The monoisotopic (exact) mass is 296 g/mol. The fourth-order valence-electron chi connectivity index (χ4n) is 3.03. The van der Waals surface area contributed by atoms with Crippen molar-refractivity contribution in [2.45, 2.75) is 18.9 Å². The first-order chi connectivity index (χ1) is 10.5. The van der Waals surface area contributed by atoms with Crippen molar-refractivity contribution < 1.29 is 9.72 Å².